The van der Waals surface area contributed by atoms with Gasteiger partial charge in [-0.2, -0.15) is 0 Å². The Morgan fingerprint density at radius 1 is 1.08 bits per heavy atom. The topological polar surface area (TPSA) is 68.5 Å². The van der Waals surface area contributed by atoms with E-state index in [0.717, 1.165) is 5.56 Å². The van der Waals surface area contributed by atoms with Crippen molar-refractivity contribution in [1.82, 2.24) is 0 Å². The number of furan rings is 1. The highest BCUT2D eigenvalue weighted by Crippen LogP contribution is 2.36. The van der Waals surface area contributed by atoms with Crippen LogP contribution >= 0.6 is 0 Å². The lowest BCUT2D eigenvalue weighted by molar-refractivity contribution is -0.111. The Labute approximate surface area is 144 Å². The van der Waals surface area contributed by atoms with Gasteiger partial charge in [-0.25, -0.2) is 0 Å². The summed E-state index contributed by atoms with van der Waals surface area (Å²) in [5, 5.41) is 3.36. The number of carbonyl (C=O) groups is 2. The molecule has 1 aromatic heterocycles. The van der Waals surface area contributed by atoms with Crippen LogP contribution in [-0.2, 0) is 4.79 Å². The minimum Gasteiger partial charge on any atom is -0.493 e. The number of ketones is 1. The smallest absolute Gasteiger partial charge is 0.248 e. The number of rotatable bonds is 5. The average Bonchev–Trinajstić information content (AvgIpc) is 3.00. The molecule has 0 radical (unpaired) electrons. The first-order chi connectivity index (χ1) is 12.1. The maximum Gasteiger partial charge on any atom is 0.248 e. The first-order valence-electron chi connectivity index (χ1n) is 7.74. The van der Waals surface area contributed by atoms with E-state index in [1.165, 1.54) is 20.1 Å². The zero-order valence-corrected chi connectivity index (χ0v) is 13.9. The quantitative estimate of drug-likeness (QED) is 0.558. The minimum atomic E-state index is -0.350. The van der Waals surface area contributed by atoms with Gasteiger partial charge < -0.3 is 14.5 Å². The fraction of sp³-hybridized carbons (Fsp3) is 0.100. The molecule has 3 aromatic rings. The molecule has 1 N–H and O–H groups in total. The van der Waals surface area contributed by atoms with Crippen molar-refractivity contribution in [2.75, 3.05) is 12.4 Å². The van der Waals surface area contributed by atoms with E-state index >= 15 is 0 Å². The molecular weight excluding hydrogens is 318 g/mol. The summed E-state index contributed by atoms with van der Waals surface area (Å²) >= 11 is 0. The number of carbonyl (C=O) groups excluding carboxylic acids is 2. The molecule has 0 bridgehead atoms. The molecule has 1 amide bonds. The van der Waals surface area contributed by atoms with E-state index in [0.29, 0.717) is 22.4 Å². The second-order valence-electron chi connectivity index (χ2n) is 5.43. The van der Waals surface area contributed by atoms with Crippen molar-refractivity contribution in [2.45, 2.75) is 6.92 Å². The maximum atomic E-state index is 12.3. The van der Waals surface area contributed by atoms with Crippen LogP contribution in [0.3, 0.4) is 0 Å². The number of anilines is 1. The van der Waals surface area contributed by atoms with Crippen molar-refractivity contribution in [3.05, 3.63) is 65.9 Å². The largest absolute Gasteiger partial charge is 0.493 e. The molecule has 5 heteroatoms. The third-order valence-electron chi connectivity index (χ3n) is 3.69. The van der Waals surface area contributed by atoms with Crippen LogP contribution in [0.15, 0.2) is 59.0 Å². The summed E-state index contributed by atoms with van der Waals surface area (Å²) in [5.74, 6) is -0.0289. The van der Waals surface area contributed by atoms with Crippen LogP contribution in [0, 0.1) is 0 Å². The van der Waals surface area contributed by atoms with Crippen molar-refractivity contribution >= 4 is 34.4 Å². The Morgan fingerprint density at radius 3 is 2.52 bits per heavy atom. The Balaban J connectivity index is 1.95. The van der Waals surface area contributed by atoms with Crippen molar-refractivity contribution in [2.24, 2.45) is 0 Å². The van der Waals surface area contributed by atoms with Crippen molar-refractivity contribution in [1.29, 1.82) is 0 Å². The summed E-state index contributed by atoms with van der Waals surface area (Å²) in [6, 6.07) is 14.7. The van der Waals surface area contributed by atoms with Crippen LogP contribution in [0.2, 0.25) is 0 Å². The zero-order valence-electron chi connectivity index (χ0n) is 13.9. The van der Waals surface area contributed by atoms with Gasteiger partial charge in [-0.05, 0) is 23.8 Å². The lowest BCUT2D eigenvalue weighted by atomic mass is 10.1. The van der Waals surface area contributed by atoms with Gasteiger partial charge in [0.1, 0.15) is 0 Å². The highest BCUT2D eigenvalue weighted by Gasteiger charge is 2.21. The lowest BCUT2D eigenvalue weighted by Crippen LogP contribution is -2.10. The fourth-order valence-electron chi connectivity index (χ4n) is 2.53. The predicted molar refractivity (Wildman–Crippen MR) is 96.9 cm³/mol. The number of benzene rings is 2. The van der Waals surface area contributed by atoms with Gasteiger partial charge in [0, 0.05) is 18.4 Å². The monoisotopic (exact) mass is 335 g/mol. The van der Waals surface area contributed by atoms with Gasteiger partial charge in [0.25, 0.3) is 0 Å². The molecule has 126 valence electrons. The number of nitrogens with one attached hydrogen (secondary N) is 1. The summed E-state index contributed by atoms with van der Waals surface area (Å²) in [6.45, 7) is 1.39. The van der Waals surface area contributed by atoms with Gasteiger partial charge in [-0.15, -0.1) is 0 Å². The van der Waals surface area contributed by atoms with Crippen LogP contribution in [0.4, 0.5) is 5.69 Å². The average molecular weight is 335 g/mol. The molecule has 0 saturated heterocycles. The summed E-state index contributed by atoms with van der Waals surface area (Å²) in [6.07, 6.45) is 3.11. The van der Waals surface area contributed by atoms with Crippen LogP contribution in [0.5, 0.6) is 5.75 Å². The molecule has 0 aliphatic heterocycles. The normalized spacial score (nSPS) is 11.0. The molecule has 0 saturated carbocycles. The standard InChI is InChI=1S/C20H17NO4/c1-13(22)19-18(15-9-6-10-16(24-2)20(15)25-19)21-17(23)12-11-14-7-4-3-5-8-14/h3-12H,1-2H3,(H,21,23). The molecule has 2 aromatic carbocycles. The van der Waals surface area contributed by atoms with Crippen molar-refractivity contribution < 1.29 is 18.7 Å². The Hall–Kier alpha value is -3.34. The SMILES string of the molecule is COc1cccc2c(NC(=O)C=Cc3ccccc3)c(C(C)=O)oc12. The summed E-state index contributed by atoms with van der Waals surface area (Å²) in [4.78, 5) is 24.2. The molecule has 0 aliphatic rings. The number of Topliss-reactive ketones (excluding diaryl/α,β-unsaturated/α-hetero) is 1. The molecule has 1 heterocycles. The minimum absolute atomic E-state index is 0.0981. The van der Waals surface area contributed by atoms with Crippen LogP contribution in [-0.4, -0.2) is 18.8 Å². The second kappa shape index (κ2) is 7.05. The van der Waals surface area contributed by atoms with Gasteiger partial charge >= 0.3 is 0 Å². The van der Waals surface area contributed by atoms with Gasteiger partial charge in [0.05, 0.1) is 12.8 Å². The van der Waals surface area contributed by atoms with Crippen LogP contribution in [0.1, 0.15) is 23.0 Å². The fourth-order valence-corrected chi connectivity index (χ4v) is 2.53. The molecule has 0 fully saturated rings. The molecule has 0 unspecified atom stereocenters. The Bertz CT molecular complexity index is 954. The summed E-state index contributed by atoms with van der Waals surface area (Å²) in [5.41, 5.74) is 1.69. The molecule has 3 rings (SSSR count). The summed E-state index contributed by atoms with van der Waals surface area (Å²) < 4.78 is 10.9. The Kier molecular flexibility index (Phi) is 4.66. The van der Waals surface area contributed by atoms with E-state index in [2.05, 4.69) is 5.32 Å². The first kappa shape index (κ1) is 16.5. The number of methoxy groups -OCH3 is 1. The van der Waals surface area contributed by atoms with Gasteiger partial charge in [-0.1, -0.05) is 36.4 Å². The third kappa shape index (κ3) is 3.45. The number of ether oxygens (including phenoxy) is 1. The van der Waals surface area contributed by atoms with Gasteiger partial charge in [-0.3, -0.25) is 9.59 Å². The first-order valence-corrected chi connectivity index (χ1v) is 7.74. The number of amides is 1. The van der Waals surface area contributed by atoms with Crippen LogP contribution in [0.25, 0.3) is 17.0 Å². The highest BCUT2D eigenvalue weighted by atomic mass is 16.5. The van der Waals surface area contributed by atoms with E-state index in [1.807, 2.05) is 30.3 Å². The molecule has 0 atom stereocenters. The number of hydrogen-bond acceptors (Lipinski definition) is 4. The molecule has 5 nitrogen and oxygen atoms in total. The van der Waals surface area contributed by atoms with E-state index in [4.69, 9.17) is 9.15 Å². The summed E-state index contributed by atoms with van der Waals surface area (Å²) in [7, 11) is 1.52. The van der Waals surface area contributed by atoms with Crippen molar-refractivity contribution in [3.63, 3.8) is 0 Å². The van der Waals surface area contributed by atoms with E-state index in [9.17, 15) is 9.59 Å². The number of hydrogen-bond donors (Lipinski definition) is 1. The van der Waals surface area contributed by atoms with E-state index < -0.39 is 0 Å². The van der Waals surface area contributed by atoms with Crippen molar-refractivity contribution in [3.8, 4) is 5.75 Å². The van der Waals surface area contributed by atoms with E-state index in [1.54, 1.807) is 24.3 Å². The third-order valence-corrected chi connectivity index (χ3v) is 3.69. The van der Waals surface area contributed by atoms with E-state index in [-0.39, 0.29) is 17.5 Å². The maximum absolute atomic E-state index is 12.3. The molecular formula is C20H17NO4. The second-order valence-corrected chi connectivity index (χ2v) is 5.43. The van der Waals surface area contributed by atoms with Gasteiger partial charge in [0.2, 0.25) is 5.91 Å². The Morgan fingerprint density at radius 2 is 1.84 bits per heavy atom. The zero-order chi connectivity index (χ0) is 17.8. The predicted octanol–water partition coefficient (Wildman–Crippen LogP) is 4.30. The number of para-hydroxylation sites is 1. The molecule has 0 aliphatic carbocycles. The highest BCUT2D eigenvalue weighted by molar-refractivity contribution is 6.14. The van der Waals surface area contributed by atoms with Crippen LogP contribution < -0.4 is 10.1 Å². The molecule has 25 heavy (non-hydrogen) atoms. The number of fused-ring (bicyclic) bond motifs is 1. The van der Waals surface area contributed by atoms with Gasteiger partial charge in [0.15, 0.2) is 22.9 Å². The lowest BCUT2D eigenvalue weighted by Gasteiger charge is -2.02. The molecule has 0 spiro atoms.